The monoisotopic (exact) mass is 1610 g/mol. The summed E-state index contributed by atoms with van der Waals surface area (Å²) in [5.41, 5.74) is 4.63. The fourth-order valence-electron chi connectivity index (χ4n) is 10.3. The summed E-state index contributed by atoms with van der Waals surface area (Å²) >= 11 is 12.0. The smallest absolute Gasteiger partial charge is 0.423 e. The molecule has 16 nitrogen and oxygen atoms in total. The summed E-state index contributed by atoms with van der Waals surface area (Å²) in [7, 11) is -4.28. The summed E-state index contributed by atoms with van der Waals surface area (Å²) in [4.78, 5) is 51.7. The zero-order valence-corrected chi connectivity index (χ0v) is 60.8. The van der Waals surface area contributed by atoms with Gasteiger partial charge in [-0.3, -0.25) is 0 Å². The molecule has 576 valence electrons. The van der Waals surface area contributed by atoms with Gasteiger partial charge in [-0.05, 0) is 59.6 Å². The molecule has 0 fully saturated rings. The van der Waals surface area contributed by atoms with Gasteiger partial charge in [-0.2, -0.15) is 19.9 Å². The molecular formula is C84H52B2Cl2F12N12O4. The first-order chi connectivity index (χ1) is 56.0. The van der Waals surface area contributed by atoms with Gasteiger partial charge >= 0.3 is 14.2 Å². The molecule has 0 amide bonds. The zero-order chi connectivity index (χ0) is 82.4. The van der Waals surface area contributed by atoms with Gasteiger partial charge in [0.1, 0.15) is 0 Å². The predicted molar refractivity (Wildman–Crippen MR) is 416 cm³/mol. The average Bonchev–Trinajstić information content (AvgIpc) is 0.790. The Morgan fingerprint density at radius 3 is 0.534 bits per heavy atom. The minimum atomic E-state index is -2.14. The third-order valence-electron chi connectivity index (χ3n) is 16.0. The lowest BCUT2D eigenvalue weighted by Crippen LogP contribution is -2.33. The van der Waals surface area contributed by atoms with E-state index in [1.54, 1.807) is 48.5 Å². The Kier molecular flexibility index (Phi) is 28.5. The molecule has 4 heterocycles. The van der Waals surface area contributed by atoms with Gasteiger partial charge in [0, 0.05) is 55.4 Å². The molecule has 0 aliphatic carbocycles. The summed E-state index contributed by atoms with van der Waals surface area (Å²) in [6, 6.07) is 81.9. The maximum absolute atomic E-state index is 14.3. The molecule has 4 N–H and O–H groups in total. The van der Waals surface area contributed by atoms with Crippen molar-refractivity contribution in [2.45, 2.75) is 0 Å². The minimum absolute atomic E-state index is 0.0703. The van der Waals surface area contributed by atoms with Crippen LogP contribution in [0.2, 0.25) is 10.6 Å². The number of benzene rings is 12. The van der Waals surface area contributed by atoms with Gasteiger partial charge in [-0.1, -0.05) is 255 Å². The fourth-order valence-corrected chi connectivity index (χ4v) is 10.6. The van der Waals surface area contributed by atoms with Gasteiger partial charge in [-0.15, -0.1) is 0 Å². The van der Waals surface area contributed by atoms with Crippen molar-refractivity contribution < 1.29 is 72.8 Å². The molecule has 0 spiro atoms. The molecule has 0 unspecified atom stereocenters. The van der Waals surface area contributed by atoms with Crippen molar-refractivity contribution in [3.8, 4) is 114 Å². The molecule has 12 aromatic carbocycles. The zero-order valence-electron chi connectivity index (χ0n) is 59.3. The molecular weight excluding hydrogens is 1560 g/mol. The van der Waals surface area contributed by atoms with Crippen LogP contribution in [0, 0.1) is 69.8 Å². The van der Waals surface area contributed by atoms with Crippen LogP contribution >= 0.6 is 23.2 Å². The topological polar surface area (TPSA) is 236 Å². The predicted octanol–water partition coefficient (Wildman–Crippen LogP) is 17.9. The van der Waals surface area contributed by atoms with E-state index in [-0.39, 0.29) is 33.3 Å². The second kappa shape index (κ2) is 39.7. The molecule has 0 saturated heterocycles. The largest absolute Gasteiger partial charge is 0.491 e. The van der Waals surface area contributed by atoms with Gasteiger partial charge in [-0.25, -0.2) is 92.6 Å². The Morgan fingerprint density at radius 1 is 0.181 bits per heavy atom. The van der Waals surface area contributed by atoms with Crippen LogP contribution in [-0.2, 0) is 0 Å². The highest BCUT2D eigenvalue weighted by Crippen LogP contribution is 2.32. The first-order valence-corrected chi connectivity index (χ1v) is 34.8. The second-order valence-corrected chi connectivity index (χ2v) is 24.4. The quantitative estimate of drug-likeness (QED) is 0.0505. The third kappa shape index (κ3) is 21.6. The van der Waals surface area contributed by atoms with Crippen LogP contribution in [0.25, 0.3) is 114 Å². The minimum Gasteiger partial charge on any atom is -0.423 e. The first kappa shape index (κ1) is 83.3. The van der Waals surface area contributed by atoms with Crippen LogP contribution < -0.4 is 10.9 Å². The van der Waals surface area contributed by atoms with Crippen LogP contribution in [-0.4, -0.2) is 94.1 Å². The first-order valence-electron chi connectivity index (χ1n) is 34.1. The number of hydrogen-bond acceptors (Lipinski definition) is 16. The highest BCUT2D eigenvalue weighted by Gasteiger charge is 2.25. The molecule has 0 radical (unpaired) electrons. The Bertz CT molecular complexity index is 5410. The van der Waals surface area contributed by atoms with Crippen molar-refractivity contribution in [3.05, 3.63) is 372 Å². The number of rotatable bonds is 12. The highest BCUT2D eigenvalue weighted by atomic mass is 35.5. The van der Waals surface area contributed by atoms with Crippen molar-refractivity contribution in [3.63, 3.8) is 0 Å². The van der Waals surface area contributed by atoms with Gasteiger partial charge < -0.3 is 20.1 Å². The van der Waals surface area contributed by atoms with Crippen molar-refractivity contribution in [2.24, 2.45) is 0 Å². The molecule has 0 atom stereocenters. The Morgan fingerprint density at radius 2 is 0.345 bits per heavy atom. The average molecular weight is 1610 g/mol. The fraction of sp³-hybridized carbons (Fsp3) is 0. The molecule has 4 aromatic heterocycles. The number of halogens is 14. The Hall–Kier alpha value is -13.6. The van der Waals surface area contributed by atoms with Crippen LogP contribution in [0.1, 0.15) is 0 Å². The van der Waals surface area contributed by atoms with Crippen LogP contribution in [0.3, 0.4) is 0 Å². The number of hydrogen-bond donors (Lipinski definition) is 4. The number of aromatic nitrogens is 12. The maximum atomic E-state index is 14.3. The molecule has 16 aromatic rings. The van der Waals surface area contributed by atoms with E-state index < -0.39 is 95.0 Å². The van der Waals surface area contributed by atoms with Gasteiger partial charge in [0.05, 0.1) is 11.1 Å². The SMILES string of the molecule is Clc1nc(-c2ccccc2)nc(-c2ccccc2)n1.Clc1nc(-c2ccccc2)nc(-c2ccccc2)n1.Fc1ccc(-c2nc(-c3ccccc3)nc(-c3ccccc3)n2)c(F)c1F.Fc1ccc(-c2nc(-c3ccccc3)nc(-c3ccccc3)n2)c(F)c1F.OB(O)c1ccc(F)c(F)c1F.OB(O)c1ccc(F)c(F)c1F. The second-order valence-electron chi connectivity index (χ2n) is 23.8. The third-order valence-corrected chi connectivity index (χ3v) is 16.3. The lowest BCUT2D eigenvalue weighted by molar-refractivity contribution is 0.413. The standard InChI is InChI=1S/2C21H12F3N3.2C15H10ClN3.2C6H4BF3O2/c2*22-16-12-11-15(17(23)18(16)24)21-26-19(13-7-3-1-4-8-13)25-20(27-21)14-9-5-2-6-10-14;2*16-15-18-13(11-7-3-1-4-8-11)17-14(19-15)12-9-5-2-6-10-12;2*8-4-2-1-3(7(11)12)5(9)6(4)10/h2*1-12H;2*1-10H;2*1-2,11-12H. The van der Waals surface area contributed by atoms with Crippen LogP contribution in [0.5, 0.6) is 0 Å². The van der Waals surface area contributed by atoms with E-state index in [0.717, 1.165) is 58.7 Å². The summed E-state index contributed by atoms with van der Waals surface area (Å²) < 4.78 is 157. The van der Waals surface area contributed by atoms with E-state index in [1.165, 1.54) is 0 Å². The van der Waals surface area contributed by atoms with Gasteiger partial charge in [0.2, 0.25) is 10.6 Å². The van der Waals surface area contributed by atoms with Gasteiger partial charge in [0.15, 0.2) is 128 Å². The van der Waals surface area contributed by atoms with E-state index >= 15 is 0 Å². The lowest BCUT2D eigenvalue weighted by Gasteiger charge is -2.09. The highest BCUT2D eigenvalue weighted by molar-refractivity contribution is 6.59. The van der Waals surface area contributed by atoms with E-state index in [4.69, 9.17) is 43.3 Å². The molecule has 0 aliphatic heterocycles. The van der Waals surface area contributed by atoms with E-state index in [1.807, 2.05) is 194 Å². The van der Waals surface area contributed by atoms with Crippen molar-refractivity contribution >= 4 is 48.4 Å². The van der Waals surface area contributed by atoms with Crippen molar-refractivity contribution in [2.75, 3.05) is 0 Å². The van der Waals surface area contributed by atoms with Crippen molar-refractivity contribution in [1.82, 2.24) is 59.8 Å². The molecule has 0 aliphatic rings. The molecule has 32 heteroatoms. The van der Waals surface area contributed by atoms with E-state index in [0.29, 0.717) is 81.0 Å². The Balaban J connectivity index is 0.000000140. The Labute approximate surface area is 663 Å². The summed E-state index contributed by atoms with van der Waals surface area (Å²) in [5.74, 6) is -14.2. The van der Waals surface area contributed by atoms with Crippen molar-refractivity contribution in [1.29, 1.82) is 0 Å². The summed E-state index contributed by atoms with van der Waals surface area (Å²) in [5, 5.41) is 34.2. The normalized spacial score (nSPS) is 10.5. The van der Waals surface area contributed by atoms with Gasteiger partial charge in [0.25, 0.3) is 0 Å². The molecule has 0 bridgehead atoms. The van der Waals surface area contributed by atoms with Crippen LogP contribution in [0.4, 0.5) is 52.7 Å². The molecule has 16 rings (SSSR count). The maximum Gasteiger partial charge on any atom is 0.491 e. The molecule has 116 heavy (non-hydrogen) atoms. The molecule has 0 saturated carbocycles. The summed E-state index contributed by atoms with van der Waals surface area (Å²) in [6.45, 7) is 0. The van der Waals surface area contributed by atoms with E-state index in [9.17, 15) is 52.7 Å². The van der Waals surface area contributed by atoms with Crippen LogP contribution in [0.15, 0.2) is 291 Å². The number of nitrogens with zero attached hydrogens (tertiary/aromatic N) is 12. The van der Waals surface area contributed by atoms with E-state index in [2.05, 4.69) is 59.8 Å². The lowest BCUT2D eigenvalue weighted by atomic mass is 9.80. The summed E-state index contributed by atoms with van der Waals surface area (Å²) in [6.07, 6.45) is 0.